The molecule has 0 saturated carbocycles. The van der Waals surface area contributed by atoms with Crippen LogP contribution in [0.4, 0.5) is 17.1 Å². The van der Waals surface area contributed by atoms with Gasteiger partial charge in [-0.1, -0.05) is 54.6 Å². The van der Waals surface area contributed by atoms with E-state index in [0.29, 0.717) is 6.42 Å². The van der Waals surface area contributed by atoms with Crippen molar-refractivity contribution in [1.82, 2.24) is 0 Å². The minimum absolute atomic E-state index is 0.0388. The average molecular weight is 342 g/mol. The number of anilines is 3. The van der Waals surface area contributed by atoms with E-state index in [1.54, 1.807) is 0 Å². The summed E-state index contributed by atoms with van der Waals surface area (Å²) in [7, 11) is 2.07. The van der Waals surface area contributed by atoms with Gasteiger partial charge in [0.1, 0.15) is 0 Å². The standard InChI is InChI=1S/C23H22N2O/c1-16-9-3-6-12-20(16)24-23(26)19-15-17-10-4-7-13-21(17)25(2)22-14-8-5-11-18(19)22/h3-14,19H,15H2,1-2H3,(H,24,26)/t19-/m1/s1. The van der Waals surface area contributed by atoms with Gasteiger partial charge in [0.25, 0.3) is 0 Å². The van der Waals surface area contributed by atoms with Gasteiger partial charge in [0.05, 0.1) is 5.92 Å². The molecule has 0 spiro atoms. The van der Waals surface area contributed by atoms with Crippen molar-refractivity contribution in [2.75, 3.05) is 17.3 Å². The monoisotopic (exact) mass is 342 g/mol. The van der Waals surface area contributed by atoms with Gasteiger partial charge in [0, 0.05) is 24.1 Å². The van der Waals surface area contributed by atoms with E-state index in [1.807, 2.05) is 55.5 Å². The fourth-order valence-corrected chi connectivity index (χ4v) is 3.72. The average Bonchev–Trinajstić information content (AvgIpc) is 2.79. The zero-order valence-electron chi connectivity index (χ0n) is 15.1. The summed E-state index contributed by atoms with van der Waals surface area (Å²) in [5.41, 5.74) is 6.45. The number of amides is 1. The van der Waals surface area contributed by atoms with Crippen LogP contribution in [0.25, 0.3) is 0 Å². The molecule has 1 aliphatic rings. The van der Waals surface area contributed by atoms with Gasteiger partial charge in [-0.25, -0.2) is 0 Å². The van der Waals surface area contributed by atoms with Crippen LogP contribution in [0.2, 0.25) is 0 Å². The van der Waals surface area contributed by atoms with Crippen molar-refractivity contribution in [2.24, 2.45) is 0 Å². The lowest BCUT2D eigenvalue weighted by atomic mass is 9.91. The van der Waals surface area contributed by atoms with E-state index in [-0.39, 0.29) is 11.8 Å². The van der Waals surface area contributed by atoms with E-state index in [4.69, 9.17) is 0 Å². The topological polar surface area (TPSA) is 32.3 Å². The predicted octanol–water partition coefficient (Wildman–Crippen LogP) is 5.04. The van der Waals surface area contributed by atoms with E-state index in [2.05, 4.69) is 41.5 Å². The highest BCUT2D eigenvalue weighted by Crippen LogP contribution is 2.40. The number of para-hydroxylation sites is 3. The number of hydrogen-bond acceptors (Lipinski definition) is 2. The first kappa shape index (κ1) is 16.4. The Hall–Kier alpha value is -3.07. The summed E-state index contributed by atoms with van der Waals surface area (Å²) in [6.45, 7) is 2.01. The third kappa shape index (κ3) is 2.86. The molecule has 0 saturated heterocycles. The maximum Gasteiger partial charge on any atom is 0.232 e. The molecule has 1 atom stereocenters. The lowest BCUT2D eigenvalue weighted by molar-refractivity contribution is -0.117. The largest absolute Gasteiger partial charge is 0.344 e. The van der Waals surface area contributed by atoms with Crippen LogP contribution in [0.3, 0.4) is 0 Å². The molecule has 0 aliphatic carbocycles. The zero-order valence-corrected chi connectivity index (χ0v) is 15.1. The molecule has 0 fully saturated rings. The first-order chi connectivity index (χ1) is 12.6. The van der Waals surface area contributed by atoms with Gasteiger partial charge in [-0.05, 0) is 48.2 Å². The number of carbonyl (C=O) groups is 1. The number of nitrogens with one attached hydrogen (secondary N) is 1. The minimum Gasteiger partial charge on any atom is -0.344 e. The van der Waals surface area contributed by atoms with Crippen LogP contribution in [-0.4, -0.2) is 13.0 Å². The second-order valence-electron chi connectivity index (χ2n) is 6.81. The molecule has 0 radical (unpaired) electrons. The molecule has 1 aliphatic heterocycles. The molecule has 3 heteroatoms. The molecule has 3 nitrogen and oxygen atoms in total. The van der Waals surface area contributed by atoms with Crippen LogP contribution in [0.5, 0.6) is 0 Å². The van der Waals surface area contributed by atoms with Crippen molar-refractivity contribution >= 4 is 23.0 Å². The Morgan fingerprint density at radius 2 is 1.58 bits per heavy atom. The van der Waals surface area contributed by atoms with Crippen molar-refractivity contribution < 1.29 is 4.79 Å². The molecular weight excluding hydrogens is 320 g/mol. The molecule has 1 heterocycles. The number of fused-ring (bicyclic) bond motifs is 2. The minimum atomic E-state index is -0.225. The summed E-state index contributed by atoms with van der Waals surface area (Å²) < 4.78 is 0. The highest BCUT2D eigenvalue weighted by Gasteiger charge is 2.29. The molecule has 3 aromatic carbocycles. The van der Waals surface area contributed by atoms with Gasteiger partial charge < -0.3 is 10.2 Å². The summed E-state index contributed by atoms with van der Waals surface area (Å²) in [5.74, 6) is -0.186. The second-order valence-corrected chi connectivity index (χ2v) is 6.81. The van der Waals surface area contributed by atoms with E-state index >= 15 is 0 Å². The Kier molecular flexibility index (Phi) is 4.21. The summed E-state index contributed by atoms with van der Waals surface area (Å²) in [4.78, 5) is 15.4. The summed E-state index contributed by atoms with van der Waals surface area (Å²) in [5, 5.41) is 3.14. The normalized spacial score (nSPS) is 15.6. The number of hydrogen-bond donors (Lipinski definition) is 1. The molecular formula is C23H22N2O. The highest BCUT2D eigenvalue weighted by molar-refractivity contribution is 5.98. The molecule has 1 N–H and O–H groups in total. The smallest absolute Gasteiger partial charge is 0.232 e. The molecule has 3 aromatic rings. The Morgan fingerprint density at radius 1 is 0.923 bits per heavy atom. The zero-order chi connectivity index (χ0) is 18.1. The number of rotatable bonds is 2. The molecule has 1 amide bonds. The van der Waals surface area contributed by atoms with E-state index in [1.165, 1.54) is 5.56 Å². The van der Waals surface area contributed by atoms with Gasteiger partial charge in [0.2, 0.25) is 5.91 Å². The van der Waals surface area contributed by atoms with Gasteiger partial charge in [0.15, 0.2) is 0 Å². The first-order valence-corrected chi connectivity index (χ1v) is 8.92. The Labute approximate surface area is 154 Å². The lowest BCUT2D eigenvalue weighted by Gasteiger charge is -2.22. The van der Waals surface area contributed by atoms with Crippen molar-refractivity contribution in [3.63, 3.8) is 0 Å². The van der Waals surface area contributed by atoms with Gasteiger partial charge in [-0.15, -0.1) is 0 Å². The molecule has 130 valence electrons. The van der Waals surface area contributed by atoms with Crippen LogP contribution in [0.15, 0.2) is 72.8 Å². The number of nitrogens with zero attached hydrogens (tertiary/aromatic N) is 1. The summed E-state index contributed by atoms with van der Waals surface area (Å²) in [6.07, 6.45) is 0.690. The molecule has 26 heavy (non-hydrogen) atoms. The Balaban J connectivity index is 1.77. The summed E-state index contributed by atoms with van der Waals surface area (Å²) in [6, 6.07) is 24.4. The molecule has 0 unspecified atom stereocenters. The summed E-state index contributed by atoms with van der Waals surface area (Å²) >= 11 is 0. The van der Waals surface area contributed by atoms with Gasteiger partial charge >= 0.3 is 0 Å². The van der Waals surface area contributed by atoms with Crippen LogP contribution in [-0.2, 0) is 11.2 Å². The third-order valence-corrected chi connectivity index (χ3v) is 5.17. The molecule has 4 rings (SSSR count). The SMILES string of the molecule is Cc1ccccc1NC(=O)[C@@H]1Cc2ccccc2N(C)c2ccccc21. The van der Waals surface area contributed by atoms with E-state index in [0.717, 1.165) is 28.2 Å². The quantitative estimate of drug-likeness (QED) is 0.707. The van der Waals surface area contributed by atoms with Gasteiger partial charge in [-0.2, -0.15) is 0 Å². The fraction of sp³-hybridized carbons (Fsp3) is 0.174. The Bertz CT molecular complexity index is 964. The fourth-order valence-electron chi connectivity index (χ4n) is 3.72. The number of aryl methyl sites for hydroxylation is 1. The third-order valence-electron chi connectivity index (χ3n) is 5.17. The van der Waals surface area contributed by atoms with Crippen molar-refractivity contribution in [2.45, 2.75) is 19.3 Å². The number of carbonyl (C=O) groups excluding carboxylic acids is 1. The van der Waals surface area contributed by atoms with Crippen molar-refractivity contribution in [3.8, 4) is 0 Å². The molecule has 0 aromatic heterocycles. The van der Waals surface area contributed by atoms with Crippen LogP contribution < -0.4 is 10.2 Å². The van der Waals surface area contributed by atoms with E-state index in [9.17, 15) is 4.79 Å². The highest BCUT2D eigenvalue weighted by atomic mass is 16.1. The predicted molar refractivity (Wildman–Crippen MR) is 107 cm³/mol. The van der Waals surface area contributed by atoms with Gasteiger partial charge in [-0.3, -0.25) is 4.79 Å². The first-order valence-electron chi connectivity index (χ1n) is 8.92. The Morgan fingerprint density at radius 3 is 2.38 bits per heavy atom. The van der Waals surface area contributed by atoms with Crippen molar-refractivity contribution in [3.05, 3.63) is 89.5 Å². The van der Waals surface area contributed by atoms with Crippen LogP contribution in [0, 0.1) is 6.92 Å². The molecule has 0 bridgehead atoms. The van der Waals surface area contributed by atoms with Crippen LogP contribution in [0.1, 0.15) is 22.6 Å². The maximum absolute atomic E-state index is 13.2. The second kappa shape index (κ2) is 6.68. The van der Waals surface area contributed by atoms with Crippen molar-refractivity contribution in [1.29, 1.82) is 0 Å². The van der Waals surface area contributed by atoms with Crippen LogP contribution >= 0.6 is 0 Å². The maximum atomic E-state index is 13.2. The number of benzene rings is 3. The van der Waals surface area contributed by atoms with E-state index < -0.39 is 0 Å². The lowest BCUT2D eigenvalue weighted by Crippen LogP contribution is -2.23.